The molecule has 4 aromatic rings. The second-order valence-electron chi connectivity index (χ2n) is 5.07. The van der Waals surface area contributed by atoms with Crippen molar-refractivity contribution in [3.8, 4) is 11.3 Å². The predicted molar refractivity (Wildman–Crippen MR) is 89.3 cm³/mol. The van der Waals surface area contributed by atoms with E-state index in [-0.39, 0.29) is 5.91 Å². The van der Waals surface area contributed by atoms with E-state index in [1.165, 1.54) is 11.3 Å². The van der Waals surface area contributed by atoms with Crippen molar-refractivity contribution in [2.24, 2.45) is 0 Å². The highest BCUT2D eigenvalue weighted by Gasteiger charge is 2.12. The lowest BCUT2D eigenvalue weighted by atomic mass is 10.1. The number of hydrogen-bond acceptors (Lipinski definition) is 4. The standard InChI is InChI=1S/C17H13N3O2S/c21-17(13-8-15-16(20-13)19-10-23-15)18-9-11-4-1-2-5-12(11)14-6-3-7-22-14/h1-8,10,20H,9H2,(H,18,21). The minimum atomic E-state index is -0.149. The van der Waals surface area contributed by atoms with Gasteiger partial charge in [0.2, 0.25) is 0 Å². The van der Waals surface area contributed by atoms with Crippen LogP contribution in [0.4, 0.5) is 0 Å². The maximum Gasteiger partial charge on any atom is 0.268 e. The van der Waals surface area contributed by atoms with Gasteiger partial charge in [-0.25, -0.2) is 4.98 Å². The van der Waals surface area contributed by atoms with Crippen LogP contribution in [0.2, 0.25) is 0 Å². The summed E-state index contributed by atoms with van der Waals surface area (Å²) >= 11 is 1.51. The zero-order valence-corrected chi connectivity index (χ0v) is 12.9. The molecule has 0 saturated heterocycles. The molecule has 0 bridgehead atoms. The Bertz CT molecular complexity index is 925. The van der Waals surface area contributed by atoms with E-state index < -0.39 is 0 Å². The van der Waals surface area contributed by atoms with E-state index in [4.69, 9.17) is 4.42 Å². The van der Waals surface area contributed by atoms with Gasteiger partial charge in [0, 0.05) is 12.1 Å². The summed E-state index contributed by atoms with van der Waals surface area (Å²) in [7, 11) is 0. The molecular formula is C17H13N3O2S. The second kappa shape index (κ2) is 5.73. The Hall–Kier alpha value is -2.86. The lowest BCUT2D eigenvalue weighted by Crippen LogP contribution is -2.23. The van der Waals surface area contributed by atoms with Crippen molar-refractivity contribution in [2.45, 2.75) is 6.54 Å². The highest BCUT2D eigenvalue weighted by Crippen LogP contribution is 2.24. The molecule has 0 aliphatic heterocycles. The summed E-state index contributed by atoms with van der Waals surface area (Å²) in [6.07, 6.45) is 1.64. The fourth-order valence-corrected chi connectivity index (χ4v) is 3.16. The van der Waals surface area contributed by atoms with Crippen LogP contribution in [0.15, 0.2) is 58.7 Å². The average molecular weight is 323 g/mol. The van der Waals surface area contributed by atoms with E-state index in [2.05, 4.69) is 15.3 Å². The molecule has 3 aromatic heterocycles. The number of aromatic amines is 1. The summed E-state index contributed by atoms with van der Waals surface area (Å²) in [5, 5.41) is 2.93. The average Bonchev–Trinajstić information content (AvgIpc) is 3.28. The van der Waals surface area contributed by atoms with Gasteiger partial charge in [-0.2, -0.15) is 0 Å². The van der Waals surface area contributed by atoms with Gasteiger partial charge in [-0.05, 0) is 23.8 Å². The van der Waals surface area contributed by atoms with E-state index in [1.807, 2.05) is 42.5 Å². The molecule has 4 rings (SSSR count). The predicted octanol–water partition coefficient (Wildman–Crippen LogP) is 3.81. The number of rotatable bonds is 4. The Balaban J connectivity index is 1.53. The van der Waals surface area contributed by atoms with Crippen LogP contribution in [0.1, 0.15) is 16.1 Å². The number of furan rings is 1. The summed E-state index contributed by atoms with van der Waals surface area (Å²) in [4.78, 5) is 19.5. The van der Waals surface area contributed by atoms with Crippen LogP contribution in [-0.4, -0.2) is 15.9 Å². The number of carbonyl (C=O) groups excluding carboxylic acids is 1. The Morgan fingerprint density at radius 1 is 1.26 bits per heavy atom. The quantitative estimate of drug-likeness (QED) is 0.600. The SMILES string of the molecule is O=C(NCc1ccccc1-c1ccco1)c1cc2scnc2[nH]1. The van der Waals surface area contributed by atoms with Gasteiger partial charge in [0.1, 0.15) is 17.1 Å². The third-order valence-electron chi connectivity index (χ3n) is 3.61. The first-order chi connectivity index (χ1) is 11.3. The van der Waals surface area contributed by atoms with Crippen LogP contribution in [0, 0.1) is 0 Å². The van der Waals surface area contributed by atoms with E-state index in [0.29, 0.717) is 12.2 Å². The molecule has 2 N–H and O–H groups in total. The number of nitrogens with zero attached hydrogens (tertiary/aromatic N) is 1. The molecule has 6 heteroatoms. The highest BCUT2D eigenvalue weighted by atomic mass is 32.1. The normalized spacial score (nSPS) is 11.0. The summed E-state index contributed by atoms with van der Waals surface area (Å²) < 4.78 is 6.43. The molecule has 0 radical (unpaired) electrons. The highest BCUT2D eigenvalue weighted by molar-refractivity contribution is 7.16. The van der Waals surface area contributed by atoms with Crippen LogP contribution < -0.4 is 5.32 Å². The summed E-state index contributed by atoms with van der Waals surface area (Å²) in [6.45, 7) is 0.426. The largest absolute Gasteiger partial charge is 0.464 e. The number of benzene rings is 1. The fourth-order valence-electron chi connectivity index (χ4n) is 2.49. The topological polar surface area (TPSA) is 70.9 Å². The minimum Gasteiger partial charge on any atom is -0.464 e. The van der Waals surface area contributed by atoms with Gasteiger partial charge in [0.05, 0.1) is 16.5 Å². The van der Waals surface area contributed by atoms with Crippen molar-refractivity contribution in [1.29, 1.82) is 0 Å². The Morgan fingerprint density at radius 3 is 3.00 bits per heavy atom. The number of carbonyl (C=O) groups is 1. The summed E-state index contributed by atoms with van der Waals surface area (Å²) in [5.74, 6) is 0.642. The maximum atomic E-state index is 12.3. The number of H-pyrrole nitrogens is 1. The van der Waals surface area contributed by atoms with Gasteiger partial charge in [-0.3, -0.25) is 4.79 Å². The lowest BCUT2D eigenvalue weighted by molar-refractivity contribution is 0.0947. The Kier molecular flexibility index (Phi) is 3.44. The molecule has 0 aliphatic rings. The molecule has 23 heavy (non-hydrogen) atoms. The van der Waals surface area contributed by atoms with Gasteiger partial charge in [-0.1, -0.05) is 24.3 Å². The Morgan fingerprint density at radius 2 is 2.17 bits per heavy atom. The van der Waals surface area contributed by atoms with Crippen LogP contribution in [0.25, 0.3) is 21.7 Å². The molecule has 0 unspecified atom stereocenters. The first-order valence-electron chi connectivity index (χ1n) is 7.13. The maximum absolute atomic E-state index is 12.3. The van der Waals surface area contributed by atoms with E-state index in [1.54, 1.807) is 11.8 Å². The van der Waals surface area contributed by atoms with Crippen LogP contribution >= 0.6 is 11.3 Å². The van der Waals surface area contributed by atoms with Crippen molar-refractivity contribution >= 4 is 27.6 Å². The number of nitrogens with one attached hydrogen (secondary N) is 2. The van der Waals surface area contributed by atoms with E-state index in [0.717, 1.165) is 27.2 Å². The van der Waals surface area contributed by atoms with Gasteiger partial charge in [-0.15, -0.1) is 11.3 Å². The smallest absolute Gasteiger partial charge is 0.268 e. The molecule has 0 saturated carbocycles. The summed E-state index contributed by atoms with van der Waals surface area (Å²) in [5.41, 5.74) is 5.00. The monoisotopic (exact) mass is 323 g/mol. The molecule has 0 atom stereocenters. The molecule has 3 heterocycles. The molecule has 0 aliphatic carbocycles. The van der Waals surface area contributed by atoms with Crippen LogP contribution in [0.3, 0.4) is 0 Å². The third kappa shape index (κ3) is 2.64. The number of hydrogen-bond donors (Lipinski definition) is 2. The zero-order valence-electron chi connectivity index (χ0n) is 12.1. The van der Waals surface area contributed by atoms with Crippen molar-refractivity contribution in [3.05, 3.63) is 65.5 Å². The van der Waals surface area contributed by atoms with Gasteiger partial charge in [0.15, 0.2) is 0 Å². The molecule has 1 aromatic carbocycles. The van der Waals surface area contributed by atoms with Crippen LogP contribution in [0.5, 0.6) is 0 Å². The number of amides is 1. The number of thiazole rings is 1. The van der Waals surface area contributed by atoms with Crippen LogP contribution in [-0.2, 0) is 6.54 Å². The number of aromatic nitrogens is 2. The first-order valence-corrected chi connectivity index (χ1v) is 8.01. The molecule has 0 fully saturated rings. The van der Waals surface area contributed by atoms with Crippen molar-refractivity contribution < 1.29 is 9.21 Å². The Labute approximate surface area is 136 Å². The number of fused-ring (bicyclic) bond motifs is 1. The lowest BCUT2D eigenvalue weighted by Gasteiger charge is -2.08. The fraction of sp³-hybridized carbons (Fsp3) is 0.0588. The van der Waals surface area contributed by atoms with Crippen molar-refractivity contribution in [3.63, 3.8) is 0 Å². The minimum absolute atomic E-state index is 0.149. The molecular weight excluding hydrogens is 310 g/mol. The van der Waals surface area contributed by atoms with Crippen molar-refractivity contribution in [2.75, 3.05) is 0 Å². The van der Waals surface area contributed by atoms with E-state index >= 15 is 0 Å². The van der Waals surface area contributed by atoms with E-state index in [9.17, 15) is 4.79 Å². The summed E-state index contributed by atoms with van der Waals surface area (Å²) in [6, 6.07) is 13.4. The van der Waals surface area contributed by atoms with Crippen molar-refractivity contribution in [1.82, 2.24) is 15.3 Å². The molecule has 114 valence electrons. The second-order valence-corrected chi connectivity index (χ2v) is 5.95. The molecule has 0 spiro atoms. The first kappa shape index (κ1) is 13.8. The van der Waals surface area contributed by atoms with Gasteiger partial charge >= 0.3 is 0 Å². The van der Waals surface area contributed by atoms with Gasteiger partial charge in [0.25, 0.3) is 5.91 Å². The van der Waals surface area contributed by atoms with Gasteiger partial charge < -0.3 is 14.7 Å². The molecule has 5 nitrogen and oxygen atoms in total. The third-order valence-corrected chi connectivity index (χ3v) is 4.39. The zero-order chi connectivity index (χ0) is 15.6. The molecule has 1 amide bonds.